The van der Waals surface area contributed by atoms with Crippen LogP contribution < -0.4 is 0 Å². The van der Waals surface area contributed by atoms with Crippen molar-refractivity contribution in [3.8, 4) is 0 Å². The molecule has 4 nitrogen and oxygen atoms in total. The molecular formula is C25H44O4Si2. The zero-order valence-corrected chi connectivity index (χ0v) is 23.3. The van der Waals surface area contributed by atoms with Crippen LogP contribution in [0.15, 0.2) is 42.7 Å². The second kappa shape index (κ2) is 9.91. The summed E-state index contributed by atoms with van der Waals surface area (Å²) in [6, 6.07) is 10.3. The highest BCUT2D eigenvalue weighted by atomic mass is 28.4. The van der Waals surface area contributed by atoms with Gasteiger partial charge in [0.1, 0.15) is 12.2 Å². The number of hydrogen-bond acceptors (Lipinski definition) is 4. The summed E-state index contributed by atoms with van der Waals surface area (Å²) in [5.74, 6) is 0. The van der Waals surface area contributed by atoms with Gasteiger partial charge in [-0.1, -0.05) is 71.9 Å². The summed E-state index contributed by atoms with van der Waals surface area (Å²) in [4.78, 5) is 0. The lowest BCUT2D eigenvalue weighted by Crippen LogP contribution is -2.53. The van der Waals surface area contributed by atoms with Crippen molar-refractivity contribution in [3.63, 3.8) is 0 Å². The van der Waals surface area contributed by atoms with E-state index in [4.69, 9.17) is 18.3 Å². The zero-order chi connectivity index (χ0) is 23.5. The summed E-state index contributed by atoms with van der Waals surface area (Å²) in [7, 11) is -3.88. The molecule has 0 bridgehead atoms. The molecule has 6 heteroatoms. The molecule has 0 saturated heterocycles. The average Bonchev–Trinajstić information content (AvgIpc) is 2.64. The van der Waals surface area contributed by atoms with E-state index < -0.39 is 16.6 Å². The molecule has 0 N–H and O–H groups in total. The third-order valence-electron chi connectivity index (χ3n) is 7.15. The Bertz CT molecular complexity index is 717. The van der Waals surface area contributed by atoms with Crippen molar-refractivity contribution in [2.24, 2.45) is 0 Å². The molecule has 0 saturated carbocycles. The van der Waals surface area contributed by atoms with Crippen LogP contribution in [0.2, 0.25) is 36.3 Å². The summed E-state index contributed by atoms with van der Waals surface area (Å²) >= 11 is 0. The minimum absolute atomic E-state index is 0.121. The molecule has 2 rings (SSSR count). The van der Waals surface area contributed by atoms with Crippen LogP contribution in [0.5, 0.6) is 0 Å². The number of benzene rings is 1. The van der Waals surface area contributed by atoms with Gasteiger partial charge in [0, 0.05) is 0 Å². The van der Waals surface area contributed by atoms with Gasteiger partial charge in [-0.2, -0.15) is 0 Å². The van der Waals surface area contributed by atoms with Crippen LogP contribution in [-0.2, 0) is 24.9 Å². The monoisotopic (exact) mass is 464 g/mol. The van der Waals surface area contributed by atoms with Crippen molar-refractivity contribution >= 4 is 16.6 Å². The van der Waals surface area contributed by atoms with E-state index in [1.807, 2.05) is 24.3 Å². The summed E-state index contributed by atoms with van der Waals surface area (Å²) in [6.07, 6.45) is 3.23. The molecule has 0 amide bonds. The molecule has 0 aliphatic carbocycles. The lowest BCUT2D eigenvalue weighted by atomic mass is 10.1. The first-order chi connectivity index (χ1) is 14.1. The topological polar surface area (TPSA) is 36.9 Å². The van der Waals surface area contributed by atoms with Gasteiger partial charge in [-0.3, -0.25) is 0 Å². The second-order valence-electron chi connectivity index (χ2n) is 11.7. The Hall–Kier alpha value is -0.926. The molecule has 0 fully saturated rings. The Labute approximate surface area is 192 Å². The highest BCUT2D eigenvalue weighted by Gasteiger charge is 2.44. The van der Waals surface area contributed by atoms with Crippen molar-refractivity contribution in [1.82, 2.24) is 0 Å². The fourth-order valence-electron chi connectivity index (χ4n) is 2.86. The zero-order valence-electron chi connectivity index (χ0n) is 21.3. The van der Waals surface area contributed by atoms with Crippen molar-refractivity contribution in [2.75, 3.05) is 6.61 Å². The summed E-state index contributed by atoms with van der Waals surface area (Å²) < 4.78 is 25.8. The minimum Gasteiger partial charge on any atom is -0.493 e. The van der Waals surface area contributed by atoms with Crippen LogP contribution >= 0.6 is 0 Å². The van der Waals surface area contributed by atoms with E-state index in [9.17, 15) is 0 Å². The van der Waals surface area contributed by atoms with Crippen molar-refractivity contribution in [1.29, 1.82) is 0 Å². The highest BCUT2D eigenvalue weighted by molar-refractivity contribution is 6.74. The van der Waals surface area contributed by atoms with Gasteiger partial charge in [-0.15, -0.1) is 0 Å². The van der Waals surface area contributed by atoms with E-state index in [0.717, 1.165) is 5.56 Å². The molecule has 1 heterocycles. The molecule has 0 radical (unpaired) electrons. The van der Waals surface area contributed by atoms with Crippen LogP contribution in [0.4, 0.5) is 0 Å². The van der Waals surface area contributed by atoms with Crippen molar-refractivity contribution < 1.29 is 18.3 Å². The smallest absolute Gasteiger partial charge is 0.193 e. The first-order valence-corrected chi connectivity index (χ1v) is 17.3. The maximum absolute atomic E-state index is 6.78. The summed E-state index contributed by atoms with van der Waals surface area (Å²) in [5.41, 5.74) is 1.15. The predicted octanol–water partition coefficient (Wildman–Crippen LogP) is 6.90. The maximum atomic E-state index is 6.78. The quantitative estimate of drug-likeness (QED) is 0.392. The lowest BCUT2D eigenvalue weighted by molar-refractivity contribution is -0.115. The van der Waals surface area contributed by atoms with Crippen LogP contribution in [0.3, 0.4) is 0 Å². The van der Waals surface area contributed by atoms with Gasteiger partial charge < -0.3 is 18.3 Å². The van der Waals surface area contributed by atoms with E-state index in [1.165, 1.54) is 0 Å². The normalized spacial score (nSPS) is 23.0. The van der Waals surface area contributed by atoms with E-state index in [2.05, 4.69) is 79.9 Å². The molecule has 0 aromatic heterocycles. The maximum Gasteiger partial charge on any atom is 0.193 e. The van der Waals surface area contributed by atoms with Crippen LogP contribution in [0.25, 0.3) is 0 Å². The molecule has 3 atom stereocenters. The standard InChI is InChI=1S/C25H44O4Si2/c1-24(2,3)30(7,8)28-19-22-23(27-18-20-14-12-11-13-15-20)21(16-17-26-22)29-31(9,10)25(4,5)6/h11-17,21-23H,18-19H2,1-10H3/t21-,22-,23+/m1/s1. The Morgan fingerprint density at radius 3 is 2.00 bits per heavy atom. The van der Waals surface area contributed by atoms with Crippen molar-refractivity contribution in [2.45, 2.75) is 103 Å². The van der Waals surface area contributed by atoms with E-state index in [1.54, 1.807) is 6.26 Å². The molecule has 0 spiro atoms. The van der Waals surface area contributed by atoms with E-state index in [0.29, 0.717) is 13.2 Å². The molecule has 1 aliphatic rings. The van der Waals surface area contributed by atoms with Gasteiger partial charge >= 0.3 is 0 Å². The Morgan fingerprint density at radius 2 is 1.45 bits per heavy atom. The average molecular weight is 465 g/mol. The Morgan fingerprint density at radius 1 is 0.871 bits per heavy atom. The second-order valence-corrected chi connectivity index (χ2v) is 21.2. The largest absolute Gasteiger partial charge is 0.493 e. The molecular weight excluding hydrogens is 420 g/mol. The van der Waals surface area contributed by atoms with Gasteiger partial charge in [-0.05, 0) is 47.9 Å². The fraction of sp³-hybridized carbons (Fsp3) is 0.680. The number of ether oxygens (including phenoxy) is 2. The Balaban J connectivity index is 2.21. The Kier molecular flexibility index (Phi) is 8.42. The van der Waals surface area contributed by atoms with Crippen LogP contribution in [-0.4, -0.2) is 41.6 Å². The molecule has 1 aromatic rings. The third kappa shape index (κ3) is 7.03. The van der Waals surface area contributed by atoms with Gasteiger partial charge in [-0.25, -0.2) is 0 Å². The summed E-state index contributed by atoms with van der Waals surface area (Å²) in [5, 5.41) is 0.269. The number of hydrogen-bond donors (Lipinski definition) is 0. The lowest BCUT2D eigenvalue weighted by Gasteiger charge is -2.44. The molecule has 31 heavy (non-hydrogen) atoms. The van der Waals surface area contributed by atoms with Gasteiger partial charge in [0.25, 0.3) is 0 Å². The first-order valence-electron chi connectivity index (χ1n) is 11.4. The van der Waals surface area contributed by atoms with Crippen LogP contribution in [0, 0.1) is 0 Å². The van der Waals surface area contributed by atoms with Gasteiger partial charge in [0.15, 0.2) is 16.6 Å². The summed E-state index contributed by atoms with van der Waals surface area (Å²) in [6.45, 7) is 23.7. The highest BCUT2D eigenvalue weighted by Crippen LogP contribution is 2.40. The van der Waals surface area contributed by atoms with E-state index >= 15 is 0 Å². The van der Waals surface area contributed by atoms with Crippen molar-refractivity contribution in [3.05, 3.63) is 48.2 Å². The minimum atomic E-state index is -1.98. The third-order valence-corrected chi connectivity index (χ3v) is 16.1. The molecule has 1 aromatic carbocycles. The molecule has 176 valence electrons. The van der Waals surface area contributed by atoms with E-state index in [-0.39, 0.29) is 28.4 Å². The SMILES string of the molecule is CC(C)(C)[Si](C)(C)OC[C@H]1OC=C[C@@H](O[Si](C)(C)C(C)(C)C)[C@@H]1OCc1ccccc1. The number of rotatable bonds is 8. The molecule has 1 aliphatic heterocycles. The van der Waals surface area contributed by atoms with Gasteiger partial charge in [0.2, 0.25) is 0 Å². The van der Waals surface area contributed by atoms with Crippen LogP contribution in [0.1, 0.15) is 47.1 Å². The van der Waals surface area contributed by atoms with Gasteiger partial charge in [0.05, 0.1) is 25.6 Å². The predicted molar refractivity (Wildman–Crippen MR) is 134 cm³/mol. The first kappa shape index (κ1) is 26.3. The fourth-order valence-corrected chi connectivity index (χ4v) is 5.12. The molecule has 0 unspecified atom stereocenters.